The SMILES string of the molecule is CCCCN(C(=O)c1cccc(Br)c1)C(C)c1nc2ccccc2c(=O)n1-c1ccc2ccccc2c1. The van der Waals surface area contributed by atoms with Crippen LogP contribution in [0.25, 0.3) is 27.4 Å². The fourth-order valence-corrected chi connectivity index (χ4v) is 5.12. The Labute approximate surface area is 224 Å². The van der Waals surface area contributed by atoms with Gasteiger partial charge in [-0.25, -0.2) is 4.98 Å². The van der Waals surface area contributed by atoms with Crippen LogP contribution in [0, 0.1) is 0 Å². The van der Waals surface area contributed by atoms with Crippen molar-refractivity contribution in [2.24, 2.45) is 0 Å². The standard InChI is InChI=1S/C31H28BrN3O2/c1-3-4-18-34(30(36)24-12-9-13-25(32)19-24)21(2)29-33-28-15-8-7-14-27(28)31(37)35(29)26-17-16-22-10-5-6-11-23(22)20-26/h5-17,19-21H,3-4,18H2,1-2H3. The molecule has 1 aromatic heterocycles. The van der Waals surface area contributed by atoms with Crippen LogP contribution in [0.1, 0.15) is 48.9 Å². The average molecular weight is 554 g/mol. The highest BCUT2D eigenvalue weighted by Crippen LogP contribution is 2.27. The summed E-state index contributed by atoms with van der Waals surface area (Å²) in [6.07, 6.45) is 1.79. The largest absolute Gasteiger partial charge is 0.329 e. The van der Waals surface area contributed by atoms with Gasteiger partial charge < -0.3 is 4.90 Å². The predicted molar refractivity (Wildman–Crippen MR) is 153 cm³/mol. The number of halogens is 1. The first-order chi connectivity index (χ1) is 18.0. The molecule has 0 aliphatic heterocycles. The van der Waals surface area contributed by atoms with Gasteiger partial charge in [-0.05, 0) is 66.6 Å². The lowest BCUT2D eigenvalue weighted by atomic mass is 10.1. The van der Waals surface area contributed by atoms with Crippen LogP contribution in [-0.2, 0) is 0 Å². The summed E-state index contributed by atoms with van der Waals surface area (Å²) >= 11 is 3.48. The maximum atomic E-state index is 13.9. The first-order valence-corrected chi connectivity index (χ1v) is 13.3. The second kappa shape index (κ2) is 10.7. The molecule has 1 atom stereocenters. The van der Waals surface area contributed by atoms with Gasteiger partial charge in [0.15, 0.2) is 0 Å². The number of para-hydroxylation sites is 1. The van der Waals surface area contributed by atoms with Gasteiger partial charge in [0.25, 0.3) is 11.5 Å². The highest BCUT2D eigenvalue weighted by Gasteiger charge is 2.27. The lowest BCUT2D eigenvalue weighted by molar-refractivity contribution is 0.0678. The summed E-state index contributed by atoms with van der Waals surface area (Å²) < 4.78 is 2.52. The van der Waals surface area contributed by atoms with Gasteiger partial charge in [0, 0.05) is 16.6 Å². The molecule has 0 saturated carbocycles. The van der Waals surface area contributed by atoms with E-state index in [2.05, 4.69) is 22.9 Å². The molecule has 186 valence electrons. The summed E-state index contributed by atoms with van der Waals surface area (Å²) in [7, 11) is 0. The minimum atomic E-state index is -0.443. The number of rotatable bonds is 7. The Bertz CT molecular complexity index is 1660. The summed E-state index contributed by atoms with van der Waals surface area (Å²) in [6, 6.07) is 28.4. The zero-order chi connectivity index (χ0) is 25.9. The molecule has 37 heavy (non-hydrogen) atoms. The van der Waals surface area contributed by atoms with Gasteiger partial charge in [-0.2, -0.15) is 0 Å². The molecule has 0 saturated heterocycles. The number of amides is 1. The first-order valence-electron chi connectivity index (χ1n) is 12.6. The maximum absolute atomic E-state index is 13.9. The van der Waals surface area contributed by atoms with Crippen molar-refractivity contribution in [1.82, 2.24) is 14.5 Å². The van der Waals surface area contributed by atoms with E-state index in [1.807, 2.05) is 96.8 Å². The summed E-state index contributed by atoms with van der Waals surface area (Å²) in [5.74, 6) is 0.452. The molecule has 1 heterocycles. The van der Waals surface area contributed by atoms with Crippen LogP contribution < -0.4 is 5.56 Å². The van der Waals surface area contributed by atoms with Crippen LogP contribution >= 0.6 is 15.9 Å². The van der Waals surface area contributed by atoms with Crippen molar-refractivity contribution in [2.45, 2.75) is 32.7 Å². The van der Waals surface area contributed by atoms with Gasteiger partial charge in [-0.3, -0.25) is 14.2 Å². The number of carbonyl (C=O) groups excluding carboxylic acids is 1. The number of carbonyl (C=O) groups is 1. The minimum Gasteiger partial charge on any atom is -0.329 e. The molecule has 0 N–H and O–H groups in total. The molecular formula is C31H28BrN3O2. The lowest BCUT2D eigenvalue weighted by Crippen LogP contribution is -2.38. The van der Waals surface area contributed by atoms with Gasteiger partial charge in [-0.1, -0.05) is 77.8 Å². The third kappa shape index (κ3) is 4.94. The van der Waals surface area contributed by atoms with Gasteiger partial charge in [0.2, 0.25) is 0 Å². The Kier molecular flexibility index (Phi) is 7.19. The topological polar surface area (TPSA) is 55.2 Å². The van der Waals surface area contributed by atoms with Crippen molar-refractivity contribution in [3.63, 3.8) is 0 Å². The van der Waals surface area contributed by atoms with Crippen LogP contribution in [0.15, 0.2) is 100 Å². The first kappa shape index (κ1) is 24.9. The van der Waals surface area contributed by atoms with E-state index < -0.39 is 6.04 Å². The number of hydrogen-bond donors (Lipinski definition) is 0. The molecule has 6 heteroatoms. The summed E-state index contributed by atoms with van der Waals surface area (Å²) in [6.45, 7) is 4.62. The molecule has 0 aliphatic rings. The number of nitrogens with zero attached hydrogens (tertiary/aromatic N) is 3. The number of benzene rings is 4. The minimum absolute atomic E-state index is 0.0882. The zero-order valence-electron chi connectivity index (χ0n) is 20.9. The number of hydrogen-bond acceptors (Lipinski definition) is 3. The third-order valence-electron chi connectivity index (χ3n) is 6.72. The normalized spacial score (nSPS) is 12.1. The highest BCUT2D eigenvalue weighted by molar-refractivity contribution is 9.10. The second-order valence-corrected chi connectivity index (χ2v) is 10.1. The van der Waals surface area contributed by atoms with E-state index in [9.17, 15) is 9.59 Å². The van der Waals surface area contributed by atoms with Crippen LogP contribution in [-0.4, -0.2) is 26.9 Å². The molecular weight excluding hydrogens is 526 g/mol. The second-order valence-electron chi connectivity index (χ2n) is 9.20. The van der Waals surface area contributed by atoms with Crippen molar-refractivity contribution < 1.29 is 4.79 Å². The summed E-state index contributed by atoms with van der Waals surface area (Å²) in [5, 5.41) is 2.67. The number of unbranched alkanes of at least 4 members (excludes halogenated alkanes) is 1. The fraction of sp³-hybridized carbons (Fsp3) is 0.194. The van der Waals surface area contributed by atoms with Crippen LogP contribution in [0.2, 0.25) is 0 Å². The van der Waals surface area contributed by atoms with E-state index in [4.69, 9.17) is 4.98 Å². The molecule has 5 aromatic rings. The van der Waals surface area contributed by atoms with E-state index in [0.29, 0.717) is 28.8 Å². The molecule has 0 spiro atoms. The molecule has 1 amide bonds. The maximum Gasteiger partial charge on any atom is 0.266 e. The number of aromatic nitrogens is 2. The number of fused-ring (bicyclic) bond motifs is 2. The molecule has 0 radical (unpaired) electrons. The molecule has 0 bridgehead atoms. The molecule has 5 rings (SSSR count). The van der Waals surface area contributed by atoms with Crippen molar-refractivity contribution in [3.8, 4) is 5.69 Å². The van der Waals surface area contributed by atoms with E-state index >= 15 is 0 Å². The zero-order valence-corrected chi connectivity index (χ0v) is 22.5. The lowest BCUT2D eigenvalue weighted by Gasteiger charge is -2.31. The van der Waals surface area contributed by atoms with Crippen molar-refractivity contribution in [1.29, 1.82) is 0 Å². The van der Waals surface area contributed by atoms with Crippen molar-refractivity contribution >= 4 is 43.5 Å². The van der Waals surface area contributed by atoms with Crippen molar-refractivity contribution in [3.05, 3.63) is 117 Å². The summed E-state index contributed by atoms with van der Waals surface area (Å²) in [5.41, 5.74) is 1.80. The van der Waals surface area contributed by atoms with Gasteiger partial charge in [0.1, 0.15) is 5.82 Å². The van der Waals surface area contributed by atoms with E-state index in [0.717, 1.165) is 33.8 Å². The Morgan fingerprint density at radius 3 is 2.49 bits per heavy atom. The highest BCUT2D eigenvalue weighted by atomic mass is 79.9. The van der Waals surface area contributed by atoms with E-state index in [-0.39, 0.29) is 11.5 Å². The molecule has 0 fully saturated rings. The van der Waals surface area contributed by atoms with Crippen molar-refractivity contribution in [2.75, 3.05) is 6.54 Å². The van der Waals surface area contributed by atoms with E-state index in [1.165, 1.54) is 0 Å². The Balaban J connectivity index is 1.71. The van der Waals surface area contributed by atoms with Gasteiger partial charge in [0.05, 0.1) is 22.6 Å². The smallest absolute Gasteiger partial charge is 0.266 e. The van der Waals surface area contributed by atoms with E-state index in [1.54, 1.807) is 10.6 Å². The molecule has 1 unspecified atom stereocenters. The predicted octanol–water partition coefficient (Wildman–Crippen LogP) is 7.30. The Hall–Kier alpha value is -3.77. The quantitative estimate of drug-likeness (QED) is 0.212. The van der Waals surface area contributed by atoms with Crippen LogP contribution in [0.4, 0.5) is 0 Å². The third-order valence-corrected chi connectivity index (χ3v) is 7.21. The molecule has 4 aromatic carbocycles. The Morgan fingerprint density at radius 2 is 1.70 bits per heavy atom. The Morgan fingerprint density at radius 1 is 0.946 bits per heavy atom. The summed E-state index contributed by atoms with van der Waals surface area (Å²) in [4.78, 5) is 34.5. The van der Waals surface area contributed by atoms with Crippen LogP contribution in [0.3, 0.4) is 0 Å². The van der Waals surface area contributed by atoms with Crippen LogP contribution in [0.5, 0.6) is 0 Å². The molecule has 0 aliphatic carbocycles. The monoisotopic (exact) mass is 553 g/mol. The molecule has 5 nitrogen and oxygen atoms in total. The van der Waals surface area contributed by atoms with Gasteiger partial charge in [-0.15, -0.1) is 0 Å². The average Bonchev–Trinajstić information content (AvgIpc) is 2.92. The fourth-order valence-electron chi connectivity index (χ4n) is 4.72. The van der Waals surface area contributed by atoms with Gasteiger partial charge >= 0.3 is 0 Å².